The lowest BCUT2D eigenvalue weighted by molar-refractivity contribution is 0.214. The van der Waals surface area contributed by atoms with Crippen LogP contribution in [0.4, 0.5) is 0 Å². The Labute approximate surface area is 51.5 Å². The fraction of sp³-hybridized carbons (Fsp3) is 1.00. The minimum absolute atomic E-state index is 0.136. The molecule has 0 fully saturated rings. The van der Waals surface area contributed by atoms with Crippen molar-refractivity contribution in [1.82, 2.24) is 0 Å². The van der Waals surface area contributed by atoms with Crippen LogP contribution in [0.3, 0.4) is 0 Å². The third kappa shape index (κ3) is 6.06. The summed E-state index contributed by atoms with van der Waals surface area (Å²) in [5.41, 5.74) is 0.136. The Morgan fingerprint density at radius 3 is 2.12 bits per heavy atom. The van der Waals surface area contributed by atoms with Gasteiger partial charge in [0.15, 0.2) is 0 Å². The Hall–Kier alpha value is 0.0600. The van der Waals surface area contributed by atoms with Crippen molar-refractivity contribution in [2.75, 3.05) is 6.61 Å². The maximum absolute atomic E-state index is 9.78. The highest BCUT2D eigenvalue weighted by atomic mass is 31.1. The van der Waals surface area contributed by atoms with Crippen molar-refractivity contribution in [3.8, 4) is 0 Å². The van der Waals surface area contributed by atoms with E-state index in [0.717, 1.165) is 0 Å². The first-order valence-corrected chi connectivity index (χ1v) is 3.37. The molecule has 0 aromatic carbocycles. The molecule has 2 nitrogen and oxygen atoms in total. The molecule has 0 heterocycles. The molecule has 8 heavy (non-hydrogen) atoms. The van der Waals surface area contributed by atoms with Gasteiger partial charge in [-0.25, -0.2) is 0 Å². The molecule has 0 amide bonds. The Balaban J connectivity index is 3.24. The van der Waals surface area contributed by atoms with Gasteiger partial charge >= 0.3 is 8.69 Å². The Bertz CT molecular complexity index is 75.0. The van der Waals surface area contributed by atoms with Crippen molar-refractivity contribution in [1.29, 1.82) is 0 Å². The summed E-state index contributed by atoms with van der Waals surface area (Å²) in [7, 11) is -0.619. The molecule has 0 saturated heterocycles. The smallest absolute Gasteiger partial charge is 0.147 e. The second kappa shape index (κ2) is 3.16. The van der Waals surface area contributed by atoms with Crippen LogP contribution in [0.15, 0.2) is 0 Å². The minimum atomic E-state index is -0.619. The predicted molar refractivity (Wildman–Crippen MR) is 34.4 cm³/mol. The third-order valence-corrected chi connectivity index (χ3v) is 0.826. The van der Waals surface area contributed by atoms with E-state index < -0.39 is 8.69 Å². The fourth-order valence-electron chi connectivity index (χ4n) is 0.246. The fourth-order valence-corrected chi connectivity index (χ4v) is 0.738. The van der Waals surface area contributed by atoms with Gasteiger partial charge in [-0.1, -0.05) is 20.8 Å². The zero-order chi connectivity index (χ0) is 6.62. The van der Waals surface area contributed by atoms with Crippen molar-refractivity contribution in [3.63, 3.8) is 0 Å². The average Bonchev–Trinajstić information content (AvgIpc) is 1.59. The predicted octanol–water partition coefficient (Wildman–Crippen LogP) is 1.99. The number of hydrogen-bond acceptors (Lipinski definition) is 2. The van der Waals surface area contributed by atoms with E-state index in [2.05, 4.69) is 4.52 Å². The van der Waals surface area contributed by atoms with Crippen LogP contribution in [-0.4, -0.2) is 6.61 Å². The van der Waals surface area contributed by atoms with E-state index in [9.17, 15) is 4.57 Å². The van der Waals surface area contributed by atoms with Crippen LogP contribution in [0, 0.1) is 5.41 Å². The summed E-state index contributed by atoms with van der Waals surface area (Å²) in [5, 5.41) is 0. The number of hydrogen-bond donors (Lipinski definition) is 0. The Morgan fingerprint density at radius 2 is 2.00 bits per heavy atom. The molecule has 48 valence electrons. The second-order valence-electron chi connectivity index (χ2n) is 2.93. The molecule has 0 N–H and O–H groups in total. The normalized spacial score (nSPS) is 12.4. The van der Waals surface area contributed by atoms with Crippen LogP contribution in [0.25, 0.3) is 0 Å². The Kier molecular flexibility index (Phi) is 3.18. The maximum atomic E-state index is 9.78. The van der Waals surface area contributed by atoms with Gasteiger partial charge in [0, 0.05) is 0 Å². The largest absolute Gasteiger partial charge is 0.494 e. The van der Waals surface area contributed by atoms with Crippen LogP contribution in [0.1, 0.15) is 20.8 Å². The first-order chi connectivity index (χ1) is 3.56. The lowest BCUT2D eigenvalue weighted by atomic mass is 9.99. The topological polar surface area (TPSA) is 26.3 Å². The number of rotatable bonds is 2. The molecule has 0 rings (SSSR count). The summed E-state index contributed by atoms with van der Waals surface area (Å²) in [4.78, 5) is 0. The molecule has 0 aromatic heterocycles. The molecule has 0 spiro atoms. The van der Waals surface area contributed by atoms with Gasteiger partial charge in [-0.3, -0.25) is 0 Å². The molecule has 0 aliphatic rings. The lowest BCUT2D eigenvalue weighted by Gasteiger charge is -2.11. The van der Waals surface area contributed by atoms with Crippen LogP contribution in [-0.2, 0) is 9.09 Å². The molecule has 1 atom stereocenters. The van der Waals surface area contributed by atoms with Gasteiger partial charge in [-0.05, 0) is 9.98 Å². The average molecular weight is 135 g/mol. The van der Waals surface area contributed by atoms with Crippen LogP contribution < -0.4 is 0 Å². The van der Waals surface area contributed by atoms with E-state index >= 15 is 0 Å². The molecular formula is C5H12O2P+. The van der Waals surface area contributed by atoms with Gasteiger partial charge in [0.25, 0.3) is 0 Å². The van der Waals surface area contributed by atoms with Gasteiger partial charge in [-0.15, -0.1) is 4.52 Å². The minimum Gasteiger partial charge on any atom is -0.147 e. The van der Waals surface area contributed by atoms with Crippen LogP contribution in [0.2, 0.25) is 0 Å². The van der Waals surface area contributed by atoms with E-state index in [0.29, 0.717) is 6.61 Å². The van der Waals surface area contributed by atoms with Crippen LogP contribution in [0.5, 0.6) is 0 Å². The van der Waals surface area contributed by atoms with E-state index in [4.69, 9.17) is 0 Å². The summed E-state index contributed by atoms with van der Waals surface area (Å²) in [6.45, 7) is 6.67. The molecule has 1 unspecified atom stereocenters. The maximum Gasteiger partial charge on any atom is 0.494 e. The van der Waals surface area contributed by atoms with Gasteiger partial charge < -0.3 is 0 Å². The van der Waals surface area contributed by atoms with Gasteiger partial charge in [0.1, 0.15) is 6.61 Å². The second-order valence-corrected chi connectivity index (χ2v) is 3.39. The third-order valence-electron chi connectivity index (χ3n) is 0.564. The van der Waals surface area contributed by atoms with Crippen molar-refractivity contribution in [2.24, 2.45) is 5.41 Å². The van der Waals surface area contributed by atoms with Crippen molar-refractivity contribution in [2.45, 2.75) is 20.8 Å². The van der Waals surface area contributed by atoms with Crippen molar-refractivity contribution >= 4 is 8.69 Å². The van der Waals surface area contributed by atoms with E-state index in [1.165, 1.54) is 0 Å². The van der Waals surface area contributed by atoms with Gasteiger partial charge in [0.05, 0.1) is 0 Å². The SMILES string of the molecule is CC(C)(C)CO[PH+]=O. The first kappa shape index (κ1) is 8.06. The van der Waals surface area contributed by atoms with E-state index in [1.54, 1.807) is 0 Å². The highest BCUT2D eigenvalue weighted by Crippen LogP contribution is 2.15. The monoisotopic (exact) mass is 135 g/mol. The summed E-state index contributed by atoms with van der Waals surface area (Å²) in [6.07, 6.45) is 0. The molecule has 0 radical (unpaired) electrons. The molecule has 0 saturated carbocycles. The highest BCUT2D eigenvalue weighted by Gasteiger charge is 2.12. The summed E-state index contributed by atoms with van der Waals surface area (Å²) in [6, 6.07) is 0. The molecular weight excluding hydrogens is 123 g/mol. The molecule has 0 bridgehead atoms. The summed E-state index contributed by atoms with van der Waals surface area (Å²) < 4.78 is 14.5. The first-order valence-electron chi connectivity index (χ1n) is 2.55. The highest BCUT2D eigenvalue weighted by molar-refractivity contribution is 7.17. The molecule has 0 aliphatic heterocycles. The van der Waals surface area contributed by atoms with Gasteiger partial charge in [-0.2, -0.15) is 0 Å². The molecule has 0 aliphatic carbocycles. The molecule has 3 heteroatoms. The molecule has 0 aromatic rings. The Morgan fingerprint density at radius 1 is 1.50 bits per heavy atom. The van der Waals surface area contributed by atoms with E-state index in [-0.39, 0.29) is 5.41 Å². The van der Waals surface area contributed by atoms with Crippen molar-refractivity contribution in [3.05, 3.63) is 0 Å². The zero-order valence-corrected chi connectivity index (χ0v) is 6.52. The van der Waals surface area contributed by atoms with Crippen molar-refractivity contribution < 1.29 is 9.09 Å². The standard InChI is InChI=1S/C5H12O2P/c1-5(2,3)4-7-8-6/h8H,4H2,1-3H3/q+1. The quantitative estimate of drug-likeness (QED) is 0.541. The summed E-state index contributed by atoms with van der Waals surface area (Å²) in [5.74, 6) is 0. The zero-order valence-electron chi connectivity index (χ0n) is 5.52. The lowest BCUT2D eigenvalue weighted by Crippen LogP contribution is -2.10. The van der Waals surface area contributed by atoms with E-state index in [1.807, 2.05) is 20.8 Å². The van der Waals surface area contributed by atoms with Crippen LogP contribution >= 0.6 is 8.69 Å². The summed E-state index contributed by atoms with van der Waals surface area (Å²) >= 11 is 0. The van der Waals surface area contributed by atoms with Gasteiger partial charge in [0.2, 0.25) is 0 Å².